The smallest absolute Gasteiger partial charge is 0.368 e. The van der Waals surface area contributed by atoms with Crippen LogP contribution in [0.4, 0.5) is 23.7 Å². The molecule has 174 valence electrons. The topological polar surface area (TPSA) is 112 Å². The number of amides is 3. The number of halogens is 3. The van der Waals surface area contributed by atoms with Crippen LogP contribution < -0.4 is 10.2 Å². The molecule has 13 heteroatoms. The number of anilines is 1. The van der Waals surface area contributed by atoms with Crippen molar-refractivity contribution in [2.45, 2.75) is 29.9 Å². The van der Waals surface area contributed by atoms with Crippen molar-refractivity contribution in [2.75, 3.05) is 18.0 Å². The van der Waals surface area contributed by atoms with Crippen LogP contribution >= 0.6 is 0 Å². The number of carbonyl (C=O) groups is 2. The number of aromatic nitrogens is 1. The molecule has 1 aromatic heterocycles. The predicted octanol–water partition coefficient (Wildman–Crippen LogP) is 2.08. The molecule has 2 aliphatic rings. The molecule has 1 aromatic carbocycles. The van der Waals surface area contributed by atoms with Crippen molar-refractivity contribution >= 4 is 33.3 Å². The van der Waals surface area contributed by atoms with Crippen LogP contribution in [0.1, 0.15) is 18.1 Å². The Balaban J connectivity index is 1.60. The minimum atomic E-state index is -5.54. The van der Waals surface area contributed by atoms with E-state index in [1.165, 1.54) is 11.8 Å². The van der Waals surface area contributed by atoms with Crippen molar-refractivity contribution in [1.82, 2.24) is 15.2 Å². The molecule has 0 aliphatic carbocycles. The van der Waals surface area contributed by atoms with Gasteiger partial charge in [0.25, 0.3) is 15.7 Å². The molecule has 4 rings (SSSR count). The third-order valence-electron chi connectivity index (χ3n) is 5.37. The van der Waals surface area contributed by atoms with Gasteiger partial charge in [-0.2, -0.15) is 13.2 Å². The summed E-state index contributed by atoms with van der Waals surface area (Å²) in [5.74, 6) is 0.0559. The minimum absolute atomic E-state index is 0.0303. The Morgan fingerprint density at radius 2 is 1.85 bits per heavy atom. The number of sulfone groups is 1. The number of hydrogen-bond acceptors (Lipinski definition) is 7. The lowest BCUT2D eigenvalue weighted by Gasteiger charge is -2.21. The molecule has 9 nitrogen and oxygen atoms in total. The third kappa shape index (κ3) is 3.92. The fourth-order valence-electron chi connectivity index (χ4n) is 3.59. The molecule has 1 unspecified atom stereocenters. The standard InChI is InChI=1S/C20H18F3N5O4S/c1-12-18(29)28(14-2-4-15(5-3-14)33(31,32)20(21,22)23)19(30)27(12)11-13-6-7-24-10-16(13)17-25-8-9-26-17/h2-7,10,12H,8-9,11H2,1H3,(H,25,26). The fourth-order valence-corrected chi connectivity index (χ4v) is 4.36. The first-order valence-electron chi connectivity index (χ1n) is 9.80. The van der Waals surface area contributed by atoms with Gasteiger partial charge in [0.2, 0.25) is 0 Å². The molecule has 3 heterocycles. The number of pyridine rings is 1. The number of amidine groups is 1. The third-order valence-corrected chi connectivity index (χ3v) is 6.88. The van der Waals surface area contributed by atoms with E-state index in [9.17, 15) is 31.2 Å². The molecular weight excluding hydrogens is 463 g/mol. The van der Waals surface area contributed by atoms with Crippen LogP contribution in [-0.2, 0) is 21.2 Å². The van der Waals surface area contributed by atoms with E-state index >= 15 is 0 Å². The van der Waals surface area contributed by atoms with E-state index in [-0.39, 0.29) is 12.2 Å². The van der Waals surface area contributed by atoms with Crippen LogP contribution in [0, 0.1) is 0 Å². The molecule has 0 spiro atoms. The number of nitrogens with zero attached hydrogens (tertiary/aromatic N) is 4. The van der Waals surface area contributed by atoms with Crippen LogP contribution in [0.15, 0.2) is 52.6 Å². The maximum Gasteiger partial charge on any atom is 0.501 e. The monoisotopic (exact) mass is 481 g/mol. The maximum absolute atomic E-state index is 13.1. The van der Waals surface area contributed by atoms with Gasteiger partial charge in [0.1, 0.15) is 11.9 Å². The maximum atomic E-state index is 13.1. The number of rotatable bonds is 5. The SMILES string of the molecule is CC1C(=O)N(c2ccc(S(=O)(=O)C(F)(F)F)cc2)C(=O)N1Cc1ccncc1C1=NCCN1. The molecule has 33 heavy (non-hydrogen) atoms. The zero-order valence-electron chi connectivity index (χ0n) is 17.2. The lowest BCUT2D eigenvalue weighted by atomic mass is 10.1. The summed E-state index contributed by atoms with van der Waals surface area (Å²) in [6.45, 7) is 2.89. The summed E-state index contributed by atoms with van der Waals surface area (Å²) in [5.41, 5.74) is -4.08. The molecule has 0 saturated carbocycles. The van der Waals surface area contributed by atoms with E-state index in [1.807, 2.05) is 0 Å². The van der Waals surface area contributed by atoms with Crippen LogP contribution in [0.2, 0.25) is 0 Å². The van der Waals surface area contributed by atoms with E-state index in [0.717, 1.165) is 29.2 Å². The molecule has 3 amide bonds. The second kappa shape index (κ2) is 8.14. The number of urea groups is 1. The van der Waals surface area contributed by atoms with Crippen molar-refractivity contribution < 1.29 is 31.2 Å². The summed E-state index contributed by atoms with van der Waals surface area (Å²) in [5, 5.41) is 3.13. The largest absolute Gasteiger partial charge is 0.501 e. The van der Waals surface area contributed by atoms with Crippen LogP contribution in [0.25, 0.3) is 0 Å². The number of hydrogen-bond donors (Lipinski definition) is 1. The molecule has 1 atom stereocenters. The van der Waals surface area contributed by atoms with Crippen LogP contribution in [0.5, 0.6) is 0 Å². The minimum Gasteiger partial charge on any atom is -0.368 e. The van der Waals surface area contributed by atoms with Gasteiger partial charge in [-0.15, -0.1) is 0 Å². The van der Waals surface area contributed by atoms with Gasteiger partial charge >= 0.3 is 11.5 Å². The second-order valence-electron chi connectivity index (χ2n) is 7.39. The quantitative estimate of drug-likeness (QED) is 0.655. The van der Waals surface area contributed by atoms with Gasteiger partial charge in [0, 0.05) is 31.0 Å². The highest BCUT2D eigenvalue weighted by Gasteiger charge is 2.47. The number of alkyl halides is 3. The van der Waals surface area contributed by atoms with Crippen molar-refractivity contribution in [2.24, 2.45) is 4.99 Å². The average Bonchev–Trinajstić information content (AvgIpc) is 3.37. The Morgan fingerprint density at radius 3 is 2.45 bits per heavy atom. The van der Waals surface area contributed by atoms with E-state index in [2.05, 4.69) is 15.3 Å². The van der Waals surface area contributed by atoms with Crippen molar-refractivity contribution in [3.63, 3.8) is 0 Å². The summed E-state index contributed by atoms with van der Waals surface area (Å²) in [4.78, 5) is 35.5. The summed E-state index contributed by atoms with van der Waals surface area (Å²) >= 11 is 0. The van der Waals surface area contributed by atoms with Gasteiger partial charge in [-0.1, -0.05) is 0 Å². The number of nitrogens with one attached hydrogen (secondary N) is 1. The Morgan fingerprint density at radius 1 is 1.15 bits per heavy atom. The van der Waals surface area contributed by atoms with Crippen molar-refractivity contribution in [1.29, 1.82) is 0 Å². The zero-order chi connectivity index (χ0) is 24.0. The first-order chi connectivity index (χ1) is 15.5. The molecule has 1 fully saturated rings. The lowest BCUT2D eigenvalue weighted by molar-refractivity contribution is -0.119. The van der Waals surface area contributed by atoms with Crippen LogP contribution in [0.3, 0.4) is 0 Å². The number of imide groups is 1. The highest BCUT2D eigenvalue weighted by molar-refractivity contribution is 7.92. The Bertz CT molecular complexity index is 1250. The highest BCUT2D eigenvalue weighted by Crippen LogP contribution is 2.33. The summed E-state index contributed by atoms with van der Waals surface area (Å²) < 4.78 is 61.4. The molecular formula is C20H18F3N5O4S. The van der Waals surface area contributed by atoms with Crippen molar-refractivity contribution in [3.05, 3.63) is 53.9 Å². The Kier molecular flexibility index (Phi) is 5.60. The number of benzene rings is 1. The summed E-state index contributed by atoms with van der Waals surface area (Å²) in [6.07, 6.45) is 3.16. The zero-order valence-corrected chi connectivity index (χ0v) is 18.0. The van der Waals surface area contributed by atoms with Gasteiger partial charge in [-0.05, 0) is 42.8 Å². The molecule has 1 N–H and O–H groups in total. The summed E-state index contributed by atoms with van der Waals surface area (Å²) in [6, 6.07) is 3.62. The van der Waals surface area contributed by atoms with Gasteiger partial charge in [-0.3, -0.25) is 14.8 Å². The van der Waals surface area contributed by atoms with Gasteiger partial charge in [0.05, 0.1) is 17.1 Å². The van der Waals surface area contributed by atoms with Crippen LogP contribution in [-0.4, -0.2) is 60.7 Å². The molecule has 0 bridgehead atoms. The molecule has 2 aromatic rings. The van der Waals surface area contributed by atoms with Gasteiger partial charge in [0.15, 0.2) is 0 Å². The average molecular weight is 481 g/mol. The highest BCUT2D eigenvalue weighted by atomic mass is 32.2. The summed E-state index contributed by atoms with van der Waals surface area (Å²) in [7, 11) is -5.54. The van der Waals surface area contributed by atoms with E-state index in [1.54, 1.807) is 18.5 Å². The number of carbonyl (C=O) groups excluding carboxylic acids is 2. The molecule has 0 radical (unpaired) electrons. The Labute approximate surface area is 186 Å². The molecule has 2 aliphatic heterocycles. The normalized spacial score (nSPS) is 19.2. The van der Waals surface area contributed by atoms with E-state index in [0.29, 0.717) is 30.1 Å². The van der Waals surface area contributed by atoms with Gasteiger partial charge < -0.3 is 10.2 Å². The number of aliphatic imine (C=N–C) groups is 1. The first kappa shape index (κ1) is 22.7. The van der Waals surface area contributed by atoms with Gasteiger partial charge in [-0.25, -0.2) is 18.1 Å². The Hall–Kier alpha value is -3.48. The lowest BCUT2D eigenvalue weighted by Crippen LogP contribution is -2.34. The van der Waals surface area contributed by atoms with E-state index < -0.39 is 38.2 Å². The molecule has 1 saturated heterocycles. The van der Waals surface area contributed by atoms with Crippen molar-refractivity contribution in [3.8, 4) is 0 Å². The predicted molar refractivity (Wildman–Crippen MR) is 111 cm³/mol. The van der Waals surface area contributed by atoms with E-state index in [4.69, 9.17) is 0 Å². The fraction of sp³-hybridized carbons (Fsp3) is 0.300. The first-order valence-corrected chi connectivity index (χ1v) is 11.3. The second-order valence-corrected chi connectivity index (χ2v) is 9.33.